The SMILES string of the molecule is CCOC(=O)/C(NC(=O)NC=O)=C(/C)F. The summed E-state index contributed by atoms with van der Waals surface area (Å²) in [4.78, 5) is 31.7. The summed E-state index contributed by atoms with van der Waals surface area (Å²) in [5.41, 5.74) is -0.629. The van der Waals surface area contributed by atoms with Gasteiger partial charge < -0.3 is 4.74 Å². The lowest BCUT2D eigenvalue weighted by atomic mass is 10.4. The van der Waals surface area contributed by atoms with E-state index >= 15 is 0 Å². The van der Waals surface area contributed by atoms with Crippen LogP contribution in [0, 0.1) is 0 Å². The third kappa shape index (κ3) is 4.75. The third-order valence-electron chi connectivity index (χ3n) is 1.25. The van der Waals surface area contributed by atoms with Gasteiger partial charge in [-0.15, -0.1) is 0 Å². The average molecular weight is 218 g/mol. The van der Waals surface area contributed by atoms with Crippen LogP contribution in [0.5, 0.6) is 0 Å². The summed E-state index contributed by atoms with van der Waals surface area (Å²) in [5.74, 6) is -1.91. The van der Waals surface area contributed by atoms with Crippen molar-refractivity contribution in [3.05, 3.63) is 11.5 Å². The zero-order valence-electron chi connectivity index (χ0n) is 8.30. The summed E-state index contributed by atoms with van der Waals surface area (Å²) in [5, 5.41) is 3.54. The monoisotopic (exact) mass is 218 g/mol. The maximum atomic E-state index is 12.8. The van der Waals surface area contributed by atoms with Crippen molar-refractivity contribution < 1.29 is 23.5 Å². The van der Waals surface area contributed by atoms with Crippen molar-refractivity contribution in [2.45, 2.75) is 13.8 Å². The van der Waals surface area contributed by atoms with Crippen molar-refractivity contribution in [2.24, 2.45) is 0 Å². The molecule has 0 fully saturated rings. The van der Waals surface area contributed by atoms with Crippen LogP contribution in [0.1, 0.15) is 13.8 Å². The van der Waals surface area contributed by atoms with E-state index in [1.54, 1.807) is 5.32 Å². The van der Waals surface area contributed by atoms with Crippen molar-refractivity contribution in [1.82, 2.24) is 10.6 Å². The van der Waals surface area contributed by atoms with Gasteiger partial charge in [-0.1, -0.05) is 0 Å². The van der Waals surface area contributed by atoms with Crippen LogP contribution in [0.2, 0.25) is 0 Å². The Bertz CT molecular complexity index is 297. The molecule has 0 aromatic heterocycles. The fourth-order valence-electron chi connectivity index (χ4n) is 0.684. The molecule has 0 spiro atoms. The maximum absolute atomic E-state index is 12.8. The number of urea groups is 1. The second-order valence-electron chi connectivity index (χ2n) is 2.35. The van der Waals surface area contributed by atoms with Crippen LogP contribution < -0.4 is 10.6 Å². The van der Waals surface area contributed by atoms with E-state index in [9.17, 15) is 18.8 Å². The molecule has 0 aromatic rings. The van der Waals surface area contributed by atoms with Gasteiger partial charge in [0.1, 0.15) is 5.83 Å². The van der Waals surface area contributed by atoms with Gasteiger partial charge in [-0.25, -0.2) is 14.0 Å². The van der Waals surface area contributed by atoms with Crippen LogP contribution in [0.3, 0.4) is 0 Å². The molecule has 0 aliphatic rings. The maximum Gasteiger partial charge on any atom is 0.357 e. The lowest BCUT2D eigenvalue weighted by Crippen LogP contribution is -2.37. The summed E-state index contributed by atoms with van der Waals surface area (Å²) in [7, 11) is 0. The minimum Gasteiger partial charge on any atom is -0.461 e. The van der Waals surface area contributed by atoms with E-state index in [0.717, 1.165) is 6.92 Å². The molecule has 0 saturated carbocycles. The van der Waals surface area contributed by atoms with Crippen molar-refractivity contribution in [3.63, 3.8) is 0 Å². The largest absolute Gasteiger partial charge is 0.461 e. The first-order chi connectivity index (χ1) is 7.02. The van der Waals surface area contributed by atoms with E-state index in [0.29, 0.717) is 0 Å². The van der Waals surface area contributed by atoms with E-state index in [2.05, 4.69) is 4.74 Å². The van der Waals surface area contributed by atoms with Crippen LogP contribution in [-0.2, 0) is 14.3 Å². The molecule has 0 aliphatic heterocycles. The van der Waals surface area contributed by atoms with Gasteiger partial charge in [0, 0.05) is 0 Å². The fourth-order valence-corrected chi connectivity index (χ4v) is 0.684. The summed E-state index contributed by atoms with van der Waals surface area (Å²) in [6.07, 6.45) is 0.103. The van der Waals surface area contributed by atoms with E-state index in [-0.39, 0.29) is 13.0 Å². The molecule has 0 rings (SSSR count). The Morgan fingerprint density at radius 1 is 1.47 bits per heavy atom. The predicted molar refractivity (Wildman–Crippen MR) is 48.2 cm³/mol. The number of nitrogens with one attached hydrogen (secondary N) is 2. The number of carbonyl (C=O) groups excluding carboxylic acids is 3. The number of ether oxygens (including phenoxy) is 1. The predicted octanol–water partition coefficient (Wildman–Crippen LogP) is 0.206. The van der Waals surface area contributed by atoms with Crippen LogP contribution >= 0.6 is 0 Å². The van der Waals surface area contributed by atoms with Crippen molar-refractivity contribution in [3.8, 4) is 0 Å². The van der Waals surface area contributed by atoms with E-state index in [1.165, 1.54) is 6.92 Å². The molecule has 7 heteroatoms. The highest BCUT2D eigenvalue weighted by Crippen LogP contribution is 2.04. The standard InChI is InChI=1S/C8H11FN2O4/c1-3-15-7(13)6(5(2)9)11-8(14)10-4-12/h4H,3H2,1-2H3,(H2,10,11,12,14)/b6-5+. The van der Waals surface area contributed by atoms with Crippen LogP contribution in [0.4, 0.5) is 9.18 Å². The fraction of sp³-hybridized carbons (Fsp3) is 0.375. The normalized spacial score (nSPS) is 11.1. The van der Waals surface area contributed by atoms with E-state index < -0.39 is 23.5 Å². The Balaban J connectivity index is 4.57. The molecule has 0 unspecified atom stereocenters. The topological polar surface area (TPSA) is 84.5 Å². The van der Waals surface area contributed by atoms with Crippen LogP contribution in [-0.4, -0.2) is 25.0 Å². The third-order valence-corrected chi connectivity index (χ3v) is 1.25. The molecular formula is C8H11FN2O4. The first kappa shape index (κ1) is 13.1. The van der Waals surface area contributed by atoms with Gasteiger partial charge in [-0.2, -0.15) is 0 Å². The summed E-state index contributed by atoms with van der Waals surface area (Å²) in [6, 6.07) is -1.01. The number of halogens is 1. The summed E-state index contributed by atoms with van der Waals surface area (Å²) < 4.78 is 17.3. The molecule has 0 radical (unpaired) electrons. The van der Waals surface area contributed by atoms with Crippen molar-refractivity contribution >= 4 is 18.4 Å². The van der Waals surface area contributed by atoms with E-state index in [4.69, 9.17) is 0 Å². The lowest BCUT2D eigenvalue weighted by Gasteiger charge is -2.07. The number of imide groups is 1. The number of amides is 3. The van der Waals surface area contributed by atoms with Crippen LogP contribution in [0.25, 0.3) is 0 Å². The summed E-state index contributed by atoms with van der Waals surface area (Å²) >= 11 is 0. The molecule has 6 nitrogen and oxygen atoms in total. The zero-order valence-corrected chi connectivity index (χ0v) is 8.30. The highest BCUT2D eigenvalue weighted by atomic mass is 19.1. The second kappa shape index (κ2) is 6.52. The Kier molecular flexibility index (Phi) is 5.69. The minimum atomic E-state index is -1.01. The van der Waals surface area contributed by atoms with Gasteiger partial charge in [0.05, 0.1) is 6.61 Å². The number of allylic oxidation sites excluding steroid dienone is 1. The number of hydrogen-bond donors (Lipinski definition) is 2. The Labute approximate surface area is 85.5 Å². The first-order valence-electron chi connectivity index (χ1n) is 4.07. The van der Waals surface area contributed by atoms with Gasteiger partial charge in [-0.3, -0.25) is 15.4 Å². The molecule has 0 heterocycles. The van der Waals surface area contributed by atoms with Gasteiger partial charge in [0.25, 0.3) is 0 Å². The van der Waals surface area contributed by atoms with E-state index in [1.807, 2.05) is 5.32 Å². The Morgan fingerprint density at radius 3 is 2.47 bits per heavy atom. The quantitative estimate of drug-likeness (QED) is 0.401. The number of rotatable bonds is 4. The minimum absolute atomic E-state index is 0.0482. The van der Waals surface area contributed by atoms with Crippen LogP contribution in [0.15, 0.2) is 11.5 Å². The van der Waals surface area contributed by atoms with Gasteiger partial charge >= 0.3 is 12.0 Å². The van der Waals surface area contributed by atoms with Gasteiger partial charge in [-0.05, 0) is 13.8 Å². The van der Waals surface area contributed by atoms with Gasteiger partial charge in [0.15, 0.2) is 5.70 Å². The number of esters is 1. The molecule has 0 atom stereocenters. The Hall–Kier alpha value is -1.92. The molecule has 0 aliphatic carbocycles. The number of hydrogen-bond acceptors (Lipinski definition) is 4. The smallest absolute Gasteiger partial charge is 0.357 e. The molecule has 84 valence electrons. The van der Waals surface area contributed by atoms with Crippen molar-refractivity contribution in [2.75, 3.05) is 6.61 Å². The molecular weight excluding hydrogens is 207 g/mol. The molecule has 3 amide bonds. The number of carbonyl (C=O) groups is 3. The van der Waals surface area contributed by atoms with Crippen molar-refractivity contribution in [1.29, 1.82) is 0 Å². The lowest BCUT2D eigenvalue weighted by molar-refractivity contribution is -0.139. The highest BCUT2D eigenvalue weighted by molar-refractivity contribution is 5.95. The average Bonchev–Trinajstić information content (AvgIpc) is 2.14. The molecule has 2 N–H and O–H groups in total. The Morgan fingerprint density at radius 2 is 2.07 bits per heavy atom. The van der Waals surface area contributed by atoms with Gasteiger partial charge in [0.2, 0.25) is 6.41 Å². The molecule has 0 saturated heterocycles. The molecule has 0 aromatic carbocycles. The zero-order chi connectivity index (χ0) is 11.8. The summed E-state index contributed by atoms with van der Waals surface area (Å²) in [6.45, 7) is 2.56. The molecule has 15 heavy (non-hydrogen) atoms. The molecule has 0 bridgehead atoms. The second-order valence-corrected chi connectivity index (χ2v) is 2.35. The first-order valence-corrected chi connectivity index (χ1v) is 4.07. The highest BCUT2D eigenvalue weighted by Gasteiger charge is 2.17.